The highest BCUT2D eigenvalue weighted by Crippen LogP contribution is 2.47. The number of fused-ring (bicyclic) bond motifs is 2. The summed E-state index contributed by atoms with van der Waals surface area (Å²) in [6.07, 6.45) is 0. The Morgan fingerprint density at radius 1 is 0.423 bits per heavy atom. The van der Waals surface area contributed by atoms with Crippen molar-refractivity contribution >= 4 is 98.3 Å². The molecule has 0 atom stereocenters. The lowest BCUT2D eigenvalue weighted by Crippen LogP contribution is -2.40. The number of benzene rings is 7. The number of anilines is 2. The Balaban J connectivity index is 1.25. The SMILES string of the molecule is Cc1ccc(N2C(=O)c3ccc4c5ccc6c7c(ccc(c8ccc(c3c48)C2=O)c75)C(=O)N(c2ccc(C)c(S(=O)(=O)O)c2)C6=O)cc1S(=O)(=O)O. The van der Waals surface area contributed by atoms with Gasteiger partial charge in [-0.15, -0.1) is 0 Å². The van der Waals surface area contributed by atoms with Crippen LogP contribution >= 0.6 is 0 Å². The lowest BCUT2D eigenvalue weighted by molar-refractivity contribution is 0.0877. The summed E-state index contributed by atoms with van der Waals surface area (Å²) in [7, 11) is -9.29. The van der Waals surface area contributed by atoms with Crippen LogP contribution in [0.1, 0.15) is 52.6 Å². The average molecular weight is 731 g/mol. The summed E-state index contributed by atoms with van der Waals surface area (Å²) in [6, 6.07) is 21.0. The van der Waals surface area contributed by atoms with Crippen LogP contribution in [-0.2, 0) is 20.2 Å². The Labute approximate surface area is 294 Å². The Hall–Kier alpha value is -6.06. The minimum absolute atomic E-state index is 0.0277. The van der Waals surface area contributed by atoms with Crippen molar-refractivity contribution in [1.82, 2.24) is 0 Å². The molecule has 0 radical (unpaired) electrons. The van der Waals surface area contributed by atoms with Gasteiger partial charge in [-0.05, 0) is 106 Å². The van der Waals surface area contributed by atoms with Crippen LogP contribution in [0.15, 0.2) is 94.7 Å². The molecule has 0 bridgehead atoms. The minimum atomic E-state index is -4.65. The molecule has 2 heterocycles. The Kier molecular flexibility index (Phi) is 6.29. The molecule has 256 valence electrons. The van der Waals surface area contributed by atoms with E-state index < -0.39 is 53.7 Å². The Morgan fingerprint density at radius 2 is 0.712 bits per heavy atom. The van der Waals surface area contributed by atoms with E-state index in [0.29, 0.717) is 43.1 Å². The fourth-order valence-corrected chi connectivity index (χ4v) is 9.24. The van der Waals surface area contributed by atoms with Crippen molar-refractivity contribution in [2.75, 3.05) is 9.80 Å². The molecule has 52 heavy (non-hydrogen) atoms. The number of hydrogen-bond acceptors (Lipinski definition) is 8. The Morgan fingerprint density at radius 3 is 0.981 bits per heavy atom. The van der Waals surface area contributed by atoms with Crippen molar-refractivity contribution in [2.24, 2.45) is 0 Å². The van der Waals surface area contributed by atoms with E-state index in [9.17, 15) is 45.1 Å². The van der Waals surface area contributed by atoms with E-state index in [4.69, 9.17) is 0 Å². The first kappa shape index (κ1) is 31.9. The van der Waals surface area contributed by atoms with Crippen LogP contribution in [0.2, 0.25) is 0 Å². The van der Waals surface area contributed by atoms with E-state index in [1.807, 2.05) is 0 Å². The molecule has 9 rings (SSSR count). The molecule has 14 heteroatoms. The van der Waals surface area contributed by atoms with Crippen molar-refractivity contribution in [3.63, 3.8) is 0 Å². The maximum Gasteiger partial charge on any atom is 0.294 e. The largest absolute Gasteiger partial charge is 0.294 e. The highest BCUT2D eigenvalue weighted by molar-refractivity contribution is 7.86. The maximum absolute atomic E-state index is 14.0. The Bertz CT molecular complexity index is 2800. The molecule has 2 N–H and O–H groups in total. The number of carbonyl (C=O) groups excluding carboxylic acids is 4. The van der Waals surface area contributed by atoms with Crippen molar-refractivity contribution in [1.29, 1.82) is 0 Å². The van der Waals surface area contributed by atoms with Crippen LogP contribution in [0, 0.1) is 13.8 Å². The molecule has 0 saturated carbocycles. The van der Waals surface area contributed by atoms with Gasteiger partial charge in [0.2, 0.25) is 0 Å². The molecule has 2 aliphatic rings. The number of nitrogens with zero attached hydrogens (tertiary/aromatic N) is 2. The summed E-state index contributed by atoms with van der Waals surface area (Å²) in [6.45, 7) is 2.96. The number of rotatable bonds is 4. The van der Waals surface area contributed by atoms with Gasteiger partial charge in [-0.2, -0.15) is 16.8 Å². The van der Waals surface area contributed by atoms with Crippen LogP contribution in [0.3, 0.4) is 0 Å². The molecule has 0 aliphatic carbocycles. The number of aryl methyl sites for hydroxylation is 2. The third kappa shape index (κ3) is 4.14. The third-order valence-electron chi connectivity index (χ3n) is 10.1. The van der Waals surface area contributed by atoms with Crippen LogP contribution in [-0.4, -0.2) is 49.6 Å². The molecule has 0 spiro atoms. The summed E-state index contributed by atoms with van der Waals surface area (Å²) in [5.74, 6) is -2.75. The zero-order chi connectivity index (χ0) is 36.8. The van der Waals surface area contributed by atoms with E-state index in [0.717, 1.165) is 21.9 Å². The van der Waals surface area contributed by atoms with E-state index in [2.05, 4.69) is 0 Å². The van der Waals surface area contributed by atoms with Crippen LogP contribution < -0.4 is 9.80 Å². The zero-order valence-electron chi connectivity index (χ0n) is 27.0. The predicted octanol–water partition coefficient (Wildman–Crippen LogP) is 6.45. The summed E-state index contributed by atoms with van der Waals surface area (Å²) >= 11 is 0. The van der Waals surface area contributed by atoms with Crippen LogP contribution in [0.5, 0.6) is 0 Å². The van der Waals surface area contributed by atoms with Gasteiger partial charge in [-0.3, -0.25) is 28.3 Å². The lowest BCUT2D eigenvalue weighted by Gasteiger charge is -2.30. The third-order valence-corrected chi connectivity index (χ3v) is 12.0. The first-order valence-corrected chi connectivity index (χ1v) is 18.6. The van der Waals surface area contributed by atoms with Gasteiger partial charge < -0.3 is 0 Å². The van der Waals surface area contributed by atoms with Crippen molar-refractivity contribution in [3.05, 3.63) is 118 Å². The molecular formula is C38H22N2O10S2. The molecule has 0 aromatic heterocycles. The van der Waals surface area contributed by atoms with Gasteiger partial charge in [0.25, 0.3) is 43.9 Å². The molecule has 4 amide bonds. The van der Waals surface area contributed by atoms with Crippen LogP contribution in [0.4, 0.5) is 11.4 Å². The topological polar surface area (TPSA) is 184 Å². The van der Waals surface area contributed by atoms with E-state index in [1.165, 1.54) is 38.1 Å². The molecule has 12 nitrogen and oxygen atoms in total. The second kappa shape index (κ2) is 10.3. The molecule has 2 aliphatic heterocycles. The quantitative estimate of drug-likeness (QED) is 0.0883. The highest BCUT2D eigenvalue weighted by atomic mass is 32.2. The molecule has 0 fully saturated rings. The van der Waals surface area contributed by atoms with Gasteiger partial charge in [0.15, 0.2) is 0 Å². The van der Waals surface area contributed by atoms with Crippen molar-refractivity contribution in [2.45, 2.75) is 23.6 Å². The van der Waals surface area contributed by atoms with Gasteiger partial charge in [0.1, 0.15) is 0 Å². The van der Waals surface area contributed by atoms with Gasteiger partial charge in [-0.1, -0.05) is 36.4 Å². The summed E-state index contributed by atoms with van der Waals surface area (Å²) < 4.78 is 67.6. The molecular weight excluding hydrogens is 709 g/mol. The summed E-state index contributed by atoms with van der Waals surface area (Å²) in [4.78, 5) is 57.1. The zero-order valence-corrected chi connectivity index (χ0v) is 28.6. The van der Waals surface area contributed by atoms with Gasteiger partial charge in [-0.25, -0.2) is 9.80 Å². The fourth-order valence-electron chi connectivity index (χ4n) is 7.75. The smallest absolute Gasteiger partial charge is 0.282 e. The van der Waals surface area contributed by atoms with Gasteiger partial charge in [0.05, 0.1) is 21.2 Å². The first-order valence-electron chi connectivity index (χ1n) is 15.7. The number of amides is 4. The second-order valence-electron chi connectivity index (χ2n) is 12.9. The van der Waals surface area contributed by atoms with Gasteiger partial charge >= 0.3 is 0 Å². The van der Waals surface area contributed by atoms with Crippen molar-refractivity contribution in [3.8, 4) is 0 Å². The highest BCUT2D eigenvalue weighted by Gasteiger charge is 2.38. The number of hydrogen-bond donors (Lipinski definition) is 2. The second-order valence-corrected chi connectivity index (χ2v) is 15.7. The van der Waals surface area contributed by atoms with Gasteiger partial charge in [0, 0.05) is 33.0 Å². The molecule has 7 aromatic carbocycles. The fraction of sp³-hybridized carbons (Fsp3) is 0.0526. The number of imide groups is 2. The standard InChI is InChI=1S/C38H22N2O10S2/c1-17-3-5-19(15-29(17)51(45,46)47)39-35(41)25-11-7-21-23-9-13-27-34-28(14-10-24(32(23)34)22-8-12-26(36(39)42)33(25)31(21)22)38(44)40(37(27)43)20-6-4-18(2)30(16-20)52(48,49)50/h3-16H,1-2H3,(H,45,46,47)(H,48,49,50). The van der Waals surface area contributed by atoms with Crippen LogP contribution in [0.25, 0.3) is 43.1 Å². The summed E-state index contributed by atoms with van der Waals surface area (Å²) in [5.41, 5.74) is 1.20. The predicted molar refractivity (Wildman–Crippen MR) is 192 cm³/mol. The average Bonchev–Trinajstić information content (AvgIpc) is 3.09. The van der Waals surface area contributed by atoms with E-state index in [1.54, 1.807) is 48.5 Å². The lowest BCUT2D eigenvalue weighted by atomic mass is 9.82. The molecule has 0 saturated heterocycles. The minimum Gasteiger partial charge on any atom is -0.282 e. The van der Waals surface area contributed by atoms with E-state index in [-0.39, 0.29) is 44.8 Å². The normalized spacial score (nSPS) is 14.9. The van der Waals surface area contributed by atoms with E-state index >= 15 is 0 Å². The monoisotopic (exact) mass is 730 g/mol. The molecule has 7 aromatic rings. The van der Waals surface area contributed by atoms with Crippen molar-refractivity contribution < 1.29 is 45.1 Å². The maximum atomic E-state index is 14.0. The summed E-state index contributed by atoms with van der Waals surface area (Å²) in [5, 5.41) is 4.65. The number of carbonyl (C=O) groups is 4. The molecule has 0 unspecified atom stereocenters. The first-order chi connectivity index (χ1) is 24.6.